The van der Waals surface area contributed by atoms with Crippen molar-refractivity contribution in [3.63, 3.8) is 0 Å². The van der Waals surface area contributed by atoms with Crippen LogP contribution in [0.1, 0.15) is 13.8 Å². The van der Waals surface area contributed by atoms with Gasteiger partial charge in [0, 0.05) is 17.3 Å². The number of carbonyl (C=O) groups is 1. The van der Waals surface area contributed by atoms with Gasteiger partial charge >= 0.3 is 5.97 Å². The van der Waals surface area contributed by atoms with Gasteiger partial charge in [-0.2, -0.15) is 0 Å². The maximum atomic E-state index is 11.5. The standard InChI is InChI=1S/C14H15ClN2O3/c1-3-19-14(18)10(2)20-13-8-9-17(16-13)12-6-4-11(15)5-7-12/h4-10H,3H2,1-2H3. The molecule has 0 amide bonds. The van der Waals surface area contributed by atoms with Crippen molar-refractivity contribution in [2.75, 3.05) is 6.61 Å². The summed E-state index contributed by atoms with van der Waals surface area (Å²) < 4.78 is 11.9. The van der Waals surface area contributed by atoms with Gasteiger partial charge < -0.3 is 9.47 Å². The van der Waals surface area contributed by atoms with Crippen molar-refractivity contribution in [2.45, 2.75) is 20.0 Å². The summed E-state index contributed by atoms with van der Waals surface area (Å²) in [6, 6.07) is 8.92. The van der Waals surface area contributed by atoms with E-state index in [1.54, 1.807) is 42.9 Å². The van der Waals surface area contributed by atoms with Crippen LogP contribution in [-0.2, 0) is 9.53 Å². The predicted molar refractivity (Wildman–Crippen MR) is 75.3 cm³/mol. The molecule has 0 fully saturated rings. The van der Waals surface area contributed by atoms with Crippen LogP contribution in [0.15, 0.2) is 36.5 Å². The van der Waals surface area contributed by atoms with Crippen molar-refractivity contribution in [3.8, 4) is 11.6 Å². The lowest BCUT2D eigenvalue weighted by Crippen LogP contribution is -2.26. The van der Waals surface area contributed by atoms with Gasteiger partial charge in [-0.05, 0) is 38.1 Å². The largest absolute Gasteiger partial charge is 0.463 e. The molecule has 0 aliphatic heterocycles. The average molecular weight is 295 g/mol. The molecule has 0 N–H and O–H groups in total. The van der Waals surface area contributed by atoms with Crippen LogP contribution in [0.3, 0.4) is 0 Å². The number of nitrogens with zero attached hydrogens (tertiary/aromatic N) is 2. The molecule has 0 aliphatic carbocycles. The molecular weight excluding hydrogens is 280 g/mol. The molecule has 0 saturated carbocycles. The van der Waals surface area contributed by atoms with Gasteiger partial charge in [0.1, 0.15) is 0 Å². The second kappa shape index (κ2) is 6.43. The number of hydrogen-bond acceptors (Lipinski definition) is 4. The molecule has 0 aliphatic rings. The molecule has 20 heavy (non-hydrogen) atoms. The van der Waals surface area contributed by atoms with E-state index in [9.17, 15) is 4.79 Å². The second-order valence-electron chi connectivity index (χ2n) is 4.09. The molecule has 6 heteroatoms. The fourth-order valence-corrected chi connectivity index (χ4v) is 1.72. The van der Waals surface area contributed by atoms with E-state index in [1.165, 1.54) is 0 Å². The Morgan fingerprint density at radius 3 is 2.70 bits per heavy atom. The van der Waals surface area contributed by atoms with Crippen LogP contribution in [-0.4, -0.2) is 28.5 Å². The Hall–Kier alpha value is -2.01. The summed E-state index contributed by atoms with van der Waals surface area (Å²) in [6.07, 6.45) is 1.06. The summed E-state index contributed by atoms with van der Waals surface area (Å²) in [6.45, 7) is 3.70. The van der Waals surface area contributed by atoms with E-state index in [2.05, 4.69) is 5.10 Å². The summed E-state index contributed by atoms with van der Waals surface area (Å²) in [5.41, 5.74) is 0.855. The van der Waals surface area contributed by atoms with Crippen molar-refractivity contribution in [1.29, 1.82) is 0 Å². The van der Waals surface area contributed by atoms with Crippen molar-refractivity contribution in [2.24, 2.45) is 0 Å². The van der Waals surface area contributed by atoms with E-state index >= 15 is 0 Å². The molecule has 2 aromatic rings. The van der Waals surface area contributed by atoms with Gasteiger partial charge in [-0.15, -0.1) is 5.10 Å². The first kappa shape index (κ1) is 14.4. The van der Waals surface area contributed by atoms with Gasteiger partial charge in [0.15, 0.2) is 6.10 Å². The highest BCUT2D eigenvalue weighted by atomic mass is 35.5. The lowest BCUT2D eigenvalue weighted by atomic mass is 10.3. The first-order chi connectivity index (χ1) is 9.60. The minimum absolute atomic E-state index is 0.325. The topological polar surface area (TPSA) is 53.4 Å². The fraction of sp³-hybridized carbons (Fsp3) is 0.286. The molecule has 0 bridgehead atoms. The van der Waals surface area contributed by atoms with Gasteiger partial charge in [-0.3, -0.25) is 0 Å². The Labute approximate surface area is 122 Å². The summed E-state index contributed by atoms with van der Waals surface area (Å²) in [4.78, 5) is 11.5. The monoisotopic (exact) mass is 294 g/mol. The predicted octanol–water partition coefficient (Wildman–Crippen LogP) is 2.86. The van der Waals surface area contributed by atoms with Crippen molar-refractivity contribution >= 4 is 17.6 Å². The first-order valence-electron chi connectivity index (χ1n) is 6.25. The number of carbonyl (C=O) groups excluding carboxylic acids is 1. The number of halogens is 1. The zero-order chi connectivity index (χ0) is 14.5. The van der Waals surface area contributed by atoms with Crippen LogP contribution >= 0.6 is 11.6 Å². The molecule has 1 aromatic carbocycles. The zero-order valence-corrected chi connectivity index (χ0v) is 12.0. The van der Waals surface area contributed by atoms with Crippen LogP contribution in [0.25, 0.3) is 5.69 Å². The molecule has 2 rings (SSSR count). The lowest BCUT2D eigenvalue weighted by molar-refractivity contribution is -0.150. The second-order valence-corrected chi connectivity index (χ2v) is 4.52. The Balaban J connectivity index is 2.05. The van der Waals surface area contributed by atoms with E-state index in [1.807, 2.05) is 12.1 Å². The van der Waals surface area contributed by atoms with Crippen LogP contribution in [0, 0.1) is 0 Å². The number of esters is 1. The third kappa shape index (κ3) is 3.51. The van der Waals surface area contributed by atoms with Crippen molar-refractivity contribution in [1.82, 2.24) is 9.78 Å². The molecule has 1 unspecified atom stereocenters. The van der Waals surface area contributed by atoms with Gasteiger partial charge in [0.2, 0.25) is 5.88 Å². The Morgan fingerprint density at radius 2 is 2.05 bits per heavy atom. The smallest absolute Gasteiger partial charge is 0.347 e. The summed E-state index contributed by atoms with van der Waals surface area (Å²) in [5.74, 6) is -0.0472. The molecular formula is C14H15ClN2O3. The molecule has 1 atom stereocenters. The van der Waals surface area contributed by atoms with E-state index in [0.29, 0.717) is 17.5 Å². The Bertz CT molecular complexity index is 580. The normalized spacial score (nSPS) is 11.9. The number of hydrogen-bond donors (Lipinski definition) is 0. The molecule has 1 aromatic heterocycles. The summed E-state index contributed by atoms with van der Waals surface area (Å²) in [5, 5.41) is 4.90. The number of aromatic nitrogens is 2. The van der Waals surface area contributed by atoms with Crippen LogP contribution in [0.5, 0.6) is 5.88 Å². The SMILES string of the molecule is CCOC(=O)C(C)Oc1ccn(-c2ccc(Cl)cc2)n1. The molecule has 0 saturated heterocycles. The minimum atomic E-state index is -0.691. The maximum absolute atomic E-state index is 11.5. The first-order valence-corrected chi connectivity index (χ1v) is 6.63. The quantitative estimate of drug-likeness (QED) is 0.796. The van der Waals surface area contributed by atoms with Crippen LogP contribution in [0.2, 0.25) is 5.02 Å². The highest BCUT2D eigenvalue weighted by Gasteiger charge is 2.16. The van der Waals surface area contributed by atoms with E-state index in [4.69, 9.17) is 21.1 Å². The maximum Gasteiger partial charge on any atom is 0.347 e. The van der Waals surface area contributed by atoms with Gasteiger partial charge in [-0.25, -0.2) is 9.48 Å². The van der Waals surface area contributed by atoms with E-state index < -0.39 is 12.1 Å². The van der Waals surface area contributed by atoms with Crippen molar-refractivity contribution < 1.29 is 14.3 Å². The Kier molecular flexibility index (Phi) is 4.63. The minimum Gasteiger partial charge on any atom is -0.463 e. The van der Waals surface area contributed by atoms with E-state index in [0.717, 1.165) is 5.69 Å². The highest BCUT2D eigenvalue weighted by Crippen LogP contribution is 2.16. The third-order valence-electron chi connectivity index (χ3n) is 2.57. The molecule has 1 heterocycles. The molecule has 5 nitrogen and oxygen atoms in total. The lowest BCUT2D eigenvalue weighted by Gasteiger charge is -2.10. The third-order valence-corrected chi connectivity index (χ3v) is 2.82. The highest BCUT2D eigenvalue weighted by molar-refractivity contribution is 6.30. The van der Waals surface area contributed by atoms with E-state index in [-0.39, 0.29) is 0 Å². The average Bonchev–Trinajstić information content (AvgIpc) is 2.88. The van der Waals surface area contributed by atoms with Crippen molar-refractivity contribution in [3.05, 3.63) is 41.6 Å². The molecule has 0 radical (unpaired) electrons. The Morgan fingerprint density at radius 1 is 1.35 bits per heavy atom. The van der Waals surface area contributed by atoms with Crippen LogP contribution < -0.4 is 4.74 Å². The van der Waals surface area contributed by atoms with Crippen LogP contribution in [0.4, 0.5) is 0 Å². The van der Waals surface area contributed by atoms with Gasteiger partial charge in [-0.1, -0.05) is 11.6 Å². The number of rotatable bonds is 5. The number of ether oxygens (including phenoxy) is 2. The zero-order valence-electron chi connectivity index (χ0n) is 11.2. The fourth-order valence-electron chi connectivity index (χ4n) is 1.60. The van der Waals surface area contributed by atoms with Gasteiger partial charge in [0.25, 0.3) is 0 Å². The number of benzene rings is 1. The molecule has 106 valence electrons. The molecule has 0 spiro atoms. The summed E-state index contributed by atoms with van der Waals surface area (Å²) in [7, 11) is 0. The summed E-state index contributed by atoms with van der Waals surface area (Å²) >= 11 is 5.83. The van der Waals surface area contributed by atoms with Gasteiger partial charge in [0.05, 0.1) is 12.3 Å².